The van der Waals surface area contributed by atoms with Crippen LogP contribution in [-0.2, 0) is 15.7 Å². The van der Waals surface area contributed by atoms with Gasteiger partial charge in [-0.2, -0.15) is 13.2 Å². The minimum Gasteiger partial charge on any atom is -0.450 e. The van der Waals surface area contributed by atoms with Gasteiger partial charge in [-0.3, -0.25) is 4.79 Å². The monoisotopic (exact) mass is 390 g/mol. The maximum absolute atomic E-state index is 13.1. The molecule has 0 atom stereocenters. The number of hydrogen-bond donors (Lipinski definition) is 1. The van der Waals surface area contributed by atoms with Gasteiger partial charge in [0.2, 0.25) is 0 Å². The highest BCUT2D eigenvalue weighted by Gasteiger charge is 2.31. The largest absolute Gasteiger partial charge is 0.450 e. The van der Waals surface area contributed by atoms with Crippen LogP contribution in [-0.4, -0.2) is 33.2 Å². The Kier molecular flexibility index (Phi) is 5.12. The van der Waals surface area contributed by atoms with Crippen molar-refractivity contribution in [3.63, 3.8) is 0 Å². The number of nitrogens with two attached hydrogens (primary N) is 1. The maximum atomic E-state index is 13.1. The second kappa shape index (κ2) is 7.51. The van der Waals surface area contributed by atoms with Gasteiger partial charge >= 0.3 is 12.1 Å². The van der Waals surface area contributed by atoms with E-state index in [2.05, 4.69) is 14.8 Å². The van der Waals surface area contributed by atoms with E-state index in [4.69, 9.17) is 5.73 Å². The van der Waals surface area contributed by atoms with E-state index in [1.54, 1.807) is 30.3 Å². The number of hydrogen-bond acceptors (Lipinski definition) is 5. The number of primary amides is 1. The van der Waals surface area contributed by atoms with Crippen LogP contribution in [0.25, 0.3) is 17.1 Å². The van der Waals surface area contributed by atoms with Crippen molar-refractivity contribution in [3.8, 4) is 17.1 Å². The Balaban J connectivity index is 2.09. The molecule has 10 heteroatoms. The van der Waals surface area contributed by atoms with Crippen LogP contribution in [0, 0.1) is 0 Å². The predicted octanol–water partition coefficient (Wildman–Crippen LogP) is 2.60. The fraction of sp³-hybridized carbons (Fsp3) is 0.111. The average molecular weight is 390 g/mol. The molecule has 28 heavy (non-hydrogen) atoms. The lowest BCUT2D eigenvalue weighted by molar-refractivity contribution is -0.137. The highest BCUT2D eigenvalue weighted by molar-refractivity contribution is 5.88. The predicted molar refractivity (Wildman–Crippen MR) is 91.3 cm³/mol. The van der Waals surface area contributed by atoms with Gasteiger partial charge in [0.25, 0.3) is 11.7 Å². The number of esters is 1. The van der Waals surface area contributed by atoms with Gasteiger partial charge in [-0.05, 0) is 18.2 Å². The Bertz CT molecular complexity index is 1020. The zero-order chi connectivity index (χ0) is 20.3. The molecule has 2 N–H and O–H groups in total. The van der Waals surface area contributed by atoms with Crippen molar-refractivity contribution in [2.24, 2.45) is 5.73 Å². The van der Waals surface area contributed by atoms with Crippen LogP contribution in [0.1, 0.15) is 16.2 Å². The topological polar surface area (TPSA) is 100 Å². The summed E-state index contributed by atoms with van der Waals surface area (Å²) < 4.78 is 44.9. The zero-order valence-corrected chi connectivity index (χ0v) is 14.2. The molecule has 3 rings (SSSR count). The van der Waals surface area contributed by atoms with Gasteiger partial charge in [0.1, 0.15) is 0 Å². The fourth-order valence-corrected chi connectivity index (χ4v) is 2.37. The summed E-state index contributed by atoms with van der Waals surface area (Å²) in [4.78, 5) is 26.9. The molecule has 0 aliphatic rings. The van der Waals surface area contributed by atoms with Crippen molar-refractivity contribution in [1.82, 2.24) is 14.8 Å². The van der Waals surface area contributed by atoms with Crippen LogP contribution >= 0.6 is 0 Å². The first-order valence-electron chi connectivity index (χ1n) is 7.91. The van der Waals surface area contributed by atoms with Crippen LogP contribution in [0.4, 0.5) is 13.2 Å². The lowest BCUT2D eigenvalue weighted by Crippen LogP contribution is -2.21. The minimum absolute atomic E-state index is 0.0510. The number of nitrogens with zero attached hydrogens (tertiary/aromatic N) is 3. The molecule has 3 aromatic rings. The summed E-state index contributed by atoms with van der Waals surface area (Å²) in [6.07, 6.45) is -4.55. The summed E-state index contributed by atoms with van der Waals surface area (Å²) in [7, 11) is 0. The average Bonchev–Trinajstić information content (AvgIpc) is 3.12. The summed E-state index contributed by atoms with van der Waals surface area (Å²) in [6, 6.07) is 12.9. The molecular formula is C18H13F3N4O3. The standard InChI is InChI=1S/C18H13F3N4O3/c19-18(20,21)12-7-4-8-13(9-12)25-16(11-5-2-1-3-6-11)23-15(24-25)17(27)28-10-14(22)26/h1-9H,10H2,(H2,22,26). The summed E-state index contributed by atoms with van der Waals surface area (Å²) >= 11 is 0. The van der Waals surface area contributed by atoms with E-state index in [9.17, 15) is 22.8 Å². The number of halogens is 3. The fourth-order valence-electron chi connectivity index (χ4n) is 2.37. The molecule has 0 saturated carbocycles. The second-order valence-electron chi connectivity index (χ2n) is 5.63. The van der Waals surface area contributed by atoms with Gasteiger partial charge in [0.05, 0.1) is 11.3 Å². The van der Waals surface area contributed by atoms with E-state index in [1.807, 2.05) is 0 Å². The van der Waals surface area contributed by atoms with Gasteiger partial charge in [-0.1, -0.05) is 36.4 Å². The first kappa shape index (κ1) is 19.1. The maximum Gasteiger partial charge on any atom is 0.416 e. The Hall–Kier alpha value is -3.69. The van der Waals surface area contributed by atoms with Gasteiger partial charge in [-0.25, -0.2) is 14.5 Å². The van der Waals surface area contributed by atoms with E-state index >= 15 is 0 Å². The third-order valence-corrected chi connectivity index (χ3v) is 3.59. The van der Waals surface area contributed by atoms with E-state index in [1.165, 1.54) is 12.1 Å². The first-order chi connectivity index (χ1) is 13.3. The Morgan fingerprint density at radius 2 is 1.79 bits per heavy atom. The molecule has 1 amide bonds. The number of carbonyl (C=O) groups is 2. The van der Waals surface area contributed by atoms with Crippen molar-refractivity contribution in [3.05, 3.63) is 66.0 Å². The molecular weight excluding hydrogens is 377 g/mol. The van der Waals surface area contributed by atoms with Crippen molar-refractivity contribution in [2.45, 2.75) is 6.18 Å². The molecule has 0 aliphatic carbocycles. The minimum atomic E-state index is -4.55. The number of carbonyl (C=O) groups excluding carboxylic acids is 2. The first-order valence-corrected chi connectivity index (χ1v) is 7.91. The number of alkyl halides is 3. The van der Waals surface area contributed by atoms with E-state index in [0.717, 1.165) is 16.8 Å². The number of ether oxygens (including phenoxy) is 1. The highest BCUT2D eigenvalue weighted by atomic mass is 19.4. The van der Waals surface area contributed by atoms with E-state index in [-0.39, 0.29) is 11.5 Å². The van der Waals surface area contributed by atoms with Crippen molar-refractivity contribution in [2.75, 3.05) is 6.61 Å². The normalized spacial score (nSPS) is 11.2. The smallest absolute Gasteiger partial charge is 0.416 e. The van der Waals surface area contributed by atoms with Gasteiger partial charge in [0.15, 0.2) is 12.4 Å². The van der Waals surface area contributed by atoms with Crippen LogP contribution in [0.3, 0.4) is 0 Å². The van der Waals surface area contributed by atoms with Crippen LogP contribution in [0.5, 0.6) is 0 Å². The molecule has 144 valence electrons. The van der Waals surface area contributed by atoms with Crippen molar-refractivity contribution < 1.29 is 27.5 Å². The quantitative estimate of drug-likeness (QED) is 0.675. The number of benzene rings is 2. The number of rotatable bonds is 5. The Morgan fingerprint density at radius 3 is 2.43 bits per heavy atom. The molecule has 0 bridgehead atoms. The number of amides is 1. The molecule has 0 aliphatic heterocycles. The molecule has 0 fully saturated rings. The molecule has 1 heterocycles. The molecule has 0 unspecified atom stereocenters. The van der Waals surface area contributed by atoms with Crippen molar-refractivity contribution in [1.29, 1.82) is 0 Å². The van der Waals surface area contributed by atoms with Crippen LogP contribution in [0.15, 0.2) is 54.6 Å². The summed E-state index contributed by atoms with van der Waals surface area (Å²) in [5.41, 5.74) is 4.61. The van der Waals surface area contributed by atoms with E-state index < -0.39 is 36.0 Å². The summed E-state index contributed by atoms with van der Waals surface area (Å²) in [5.74, 6) is -2.18. The van der Waals surface area contributed by atoms with Gasteiger partial charge in [0, 0.05) is 5.56 Å². The number of aromatic nitrogens is 3. The van der Waals surface area contributed by atoms with Gasteiger partial charge in [-0.15, -0.1) is 5.10 Å². The molecule has 0 saturated heterocycles. The molecule has 0 spiro atoms. The summed E-state index contributed by atoms with van der Waals surface area (Å²) in [6.45, 7) is -0.669. The molecule has 2 aromatic carbocycles. The van der Waals surface area contributed by atoms with Gasteiger partial charge < -0.3 is 10.5 Å². The Labute approximate surface area is 156 Å². The van der Waals surface area contributed by atoms with Crippen LogP contribution in [0.2, 0.25) is 0 Å². The SMILES string of the molecule is NC(=O)COC(=O)c1nc(-c2ccccc2)n(-c2cccc(C(F)(F)F)c2)n1. The molecule has 0 radical (unpaired) electrons. The summed E-state index contributed by atoms with van der Waals surface area (Å²) in [5, 5.41) is 3.97. The lowest BCUT2D eigenvalue weighted by atomic mass is 10.2. The molecule has 1 aromatic heterocycles. The lowest BCUT2D eigenvalue weighted by Gasteiger charge is -2.10. The highest BCUT2D eigenvalue weighted by Crippen LogP contribution is 2.31. The van der Waals surface area contributed by atoms with Crippen LogP contribution < -0.4 is 5.73 Å². The third-order valence-electron chi connectivity index (χ3n) is 3.59. The third kappa shape index (κ3) is 4.17. The second-order valence-corrected chi connectivity index (χ2v) is 5.63. The van der Waals surface area contributed by atoms with Crippen molar-refractivity contribution >= 4 is 11.9 Å². The molecule has 7 nitrogen and oxygen atoms in total. The zero-order valence-electron chi connectivity index (χ0n) is 14.2. The Morgan fingerprint density at radius 1 is 1.07 bits per heavy atom. The van der Waals surface area contributed by atoms with E-state index in [0.29, 0.717) is 5.56 Å².